The van der Waals surface area contributed by atoms with E-state index in [0.717, 1.165) is 11.1 Å². The van der Waals surface area contributed by atoms with Crippen LogP contribution in [0.4, 0.5) is 5.69 Å². The normalized spacial score (nSPS) is 14.6. The minimum atomic E-state index is -0.485. The second-order valence-electron chi connectivity index (χ2n) is 6.55. The van der Waals surface area contributed by atoms with Crippen molar-refractivity contribution in [3.8, 4) is 0 Å². The highest BCUT2D eigenvalue weighted by Crippen LogP contribution is 2.43. The molecule has 0 saturated carbocycles. The molecule has 1 fully saturated rings. The zero-order valence-corrected chi connectivity index (χ0v) is 17.1. The zero-order valence-electron chi connectivity index (χ0n) is 15.5. The van der Waals surface area contributed by atoms with Crippen LogP contribution in [0.25, 0.3) is 0 Å². The summed E-state index contributed by atoms with van der Waals surface area (Å²) in [4.78, 5) is 24.2. The smallest absolute Gasteiger partial charge is 0.338 e. The fourth-order valence-electron chi connectivity index (χ4n) is 2.91. The van der Waals surface area contributed by atoms with Gasteiger partial charge < -0.3 is 10.1 Å². The lowest BCUT2D eigenvalue weighted by Gasteiger charge is -2.21. The van der Waals surface area contributed by atoms with Crippen LogP contribution in [0, 0.1) is 13.8 Å². The van der Waals surface area contributed by atoms with Crippen LogP contribution in [-0.4, -0.2) is 30.0 Å². The average molecular weight is 402 g/mol. The highest BCUT2D eigenvalue weighted by Gasteiger charge is 2.17. The number of nitrogens with one attached hydrogen (secondary N) is 1. The molecule has 0 atom stereocenters. The number of rotatable bonds is 5. The van der Waals surface area contributed by atoms with E-state index in [4.69, 9.17) is 4.74 Å². The van der Waals surface area contributed by atoms with Crippen LogP contribution < -0.4 is 5.32 Å². The van der Waals surface area contributed by atoms with E-state index in [-0.39, 0.29) is 12.5 Å². The van der Waals surface area contributed by atoms with Gasteiger partial charge in [-0.05, 0) is 72.7 Å². The number of aryl methyl sites for hydroxylation is 2. The Hall–Kier alpha value is -1.92. The van der Waals surface area contributed by atoms with Gasteiger partial charge in [0.2, 0.25) is 0 Å². The summed E-state index contributed by atoms with van der Waals surface area (Å²) in [5, 5.41) is 2.76. The number of esters is 1. The number of hydrogen-bond donors (Lipinski definition) is 1. The molecule has 2 aromatic rings. The van der Waals surface area contributed by atoms with Crippen molar-refractivity contribution < 1.29 is 14.3 Å². The van der Waals surface area contributed by atoms with Gasteiger partial charge >= 0.3 is 5.97 Å². The molecule has 0 spiro atoms. The lowest BCUT2D eigenvalue weighted by Crippen LogP contribution is -2.21. The molecular formula is C21H23NO3S2. The van der Waals surface area contributed by atoms with E-state index in [0.29, 0.717) is 15.8 Å². The van der Waals surface area contributed by atoms with Crippen LogP contribution >= 0.6 is 23.5 Å². The standard InChI is InChI=1S/C21H23NO3S2/c1-14-10-15(2)12-18(11-14)22-19(23)13-25-20(24)16-4-6-17(7-5-16)21-26-8-3-9-27-21/h4-7,10-12,21H,3,8-9,13H2,1-2H3,(H,22,23). The molecule has 1 aliphatic rings. The van der Waals surface area contributed by atoms with E-state index < -0.39 is 5.97 Å². The first-order valence-corrected chi connectivity index (χ1v) is 11.0. The molecule has 0 aromatic heterocycles. The van der Waals surface area contributed by atoms with Crippen molar-refractivity contribution in [2.45, 2.75) is 24.9 Å². The Morgan fingerprint density at radius 3 is 2.30 bits per heavy atom. The van der Waals surface area contributed by atoms with E-state index in [1.807, 2.05) is 67.7 Å². The third-order valence-corrected chi connectivity index (χ3v) is 7.10. The summed E-state index contributed by atoms with van der Waals surface area (Å²) in [5.41, 5.74) is 4.52. The van der Waals surface area contributed by atoms with E-state index in [1.54, 1.807) is 12.1 Å². The molecule has 0 unspecified atom stereocenters. The number of ether oxygens (including phenoxy) is 1. The highest BCUT2D eigenvalue weighted by atomic mass is 32.2. The summed E-state index contributed by atoms with van der Waals surface area (Å²) in [6, 6.07) is 13.3. The maximum Gasteiger partial charge on any atom is 0.338 e. The van der Waals surface area contributed by atoms with Crippen LogP contribution in [0.1, 0.15) is 38.1 Å². The number of thioether (sulfide) groups is 2. The second kappa shape index (κ2) is 9.33. The minimum Gasteiger partial charge on any atom is -0.452 e. The Morgan fingerprint density at radius 2 is 1.67 bits per heavy atom. The van der Waals surface area contributed by atoms with Gasteiger partial charge in [0.05, 0.1) is 10.1 Å². The van der Waals surface area contributed by atoms with Gasteiger partial charge in [0, 0.05) is 5.69 Å². The Labute approximate surface area is 168 Å². The van der Waals surface area contributed by atoms with Gasteiger partial charge in [-0.15, -0.1) is 23.5 Å². The Kier molecular flexibility index (Phi) is 6.85. The topological polar surface area (TPSA) is 55.4 Å². The molecule has 0 bridgehead atoms. The monoisotopic (exact) mass is 401 g/mol. The highest BCUT2D eigenvalue weighted by molar-refractivity contribution is 8.16. The number of hydrogen-bond acceptors (Lipinski definition) is 5. The van der Waals surface area contributed by atoms with E-state index in [1.165, 1.54) is 23.5 Å². The quantitative estimate of drug-likeness (QED) is 0.717. The predicted octanol–water partition coefficient (Wildman–Crippen LogP) is 4.97. The first-order valence-electron chi connectivity index (χ1n) is 8.90. The van der Waals surface area contributed by atoms with Crippen LogP contribution in [-0.2, 0) is 9.53 Å². The van der Waals surface area contributed by atoms with Crippen molar-refractivity contribution >= 4 is 41.1 Å². The Bertz CT molecular complexity index is 794. The number of benzene rings is 2. The summed E-state index contributed by atoms with van der Waals surface area (Å²) in [7, 11) is 0. The van der Waals surface area contributed by atoms with Crippen LogP contribution in [0.2, 0.25) is 0 Å². The molecule has 1 saturated heterocycles. The molecule has 1 N–H and O–H groups in total. The molecule has 2 aromatic carbocycles. The maximum absolute atomic E-state index is 12.2. The van der Waals surface area contributed by atoms with Crippen molar-refractivity contribution in [1.82, 2.24) is 0 Å². The molecule has 3 rings (SSSR count). The lowest BCUT2D eigenvalue weighted by atomic mass is 10.1. The van der Waals surface area contributed by atoms with Crippen LogP contribution in [0.15, 0.2) is 42.5 Å². The predicted molar refractivity (Wildman–Crippen MR) is 114 cm³/mol. The van der Waals surface area contributed by atoms with Gasteiger partial charge in [-0.3, -0.25) is 4.79 Å². The van der Waals surface area contributed by atoms with Crippen LogP contribution in [0.5, 0.6) is 0 Å². The summed E-state index contributed by atoms with van der Waals surface area (Å²) >= 11 is 3.88. The molecule has 142 valence electrons. The van der Waals surface area contributed by atoms with Gasteiger partial charge in [0.1, 0.15) is 0 Å². The molecule has 1 aliphatic heterocycles. The summed E-state index contributed by atoms with van der Waals surface area (Å²) in [6.45, 7) is 3.63. The largest absolute Gasteiger partial charge is 0.452 e. The maximum atomic E-state index is 12.2. The molecular weight excluding hydrogens is 378 g/mol. The van der Waals surface area contributed by atoms with Gasteiger partial charge in [-0.25, -0.2) is 4.79 Å². The summed E-state index contributed by atoms with van der Waals surface area (Å²) < 4.78 is 5.58. The van der Waals surface area contributed by atoms with Crippen molar-refractivity contribution in [3.05, 3.63) is 64.7 Å². The Morgan fingerprint density at radius 1 is 1.04 bits per heavy atom. The molecule has 0 aliphatic carbocycles. The molecule has 4 nitrogen and oxygen atoms in total. The average Bonchev–Trinajstić information content (AvgIpc) is 2.66. The van der Waals surface area contributed by atoms with E-state index in [2.05, 4.69) is 5.32 Å². The third kappa shape index (κ3) is 5.78. The number of carbonyl (C=O) groups is 2. The van der Waals surface area contributed by atoms with E-state index >= 15 is 0 Å². The van der Waals surface area contributed by atoms with Gasteiger partial charge in [0.15, 0.2) is 6.61 Å². The first kappa shape index (κ1) is 19.8. The fraction of sp³-hybridized carbons (Fsp3) is 0.333. The van der Waals surface area contributed by atoms with Crippen LogP contribution in [0.3, 0.4) is 0 Å². The lowest BCUT2D eigenvalue weighted by molar-refractivity contribution is -0.119. The minimum absolute atomic E-state index is 0.304. The van der Waals surface area contributed by atoms with Gasteiger partial charge in [-0.2, -0.15) is 0 Å². The molecule has 6 heteroatoms. The van der Waals surface area contributed by atoms with Crippen molar-refractivity contribution in [3.63, 3.8) is 0 Å². The van der Waals surface area contributed by atoms with Crippen molar-refractivity contribution in [2.75, 3.05) is 23.4 Å². The Balaban J connectivity index is 1.51. The summed E-state index contributed by atoms with van der Waals surface area (Å²) in [5.74, 6) is 1.52. The number of amides is 1. The van der Waals surface area contributed by atoms with E-state index in [9.17, 15) is 9.59 Å². The molecule has 27 heavy (non-hydrogen) atoms. The zero-order chi connectivity index (χ0) is 19.2. The SMILES string of the molecule is Cc1cc(C)cc(NC(=O)COC(=O)c2ccc(C3SCCCS3)cc2)c1. The fourth-order valence-corrected chi connectivity index (χ4v) is 5.81. The second-order valence-corrected chi connectivity index (χ2v) is 9.27. The van der Waals surface area contributed by atoms with Gasteiger partial charge in [0.25, 0.3) is 5.91 Å². The van der Waals surface area contributed by atoms with Crippen molar-refractivity contribution in [2.24, 2.45) is 0 Å². The number of anilines is 1. The molecule has 1 amide bonds. The summed E-state index contributed by atoms with van der Waals surface area (Å²) in [6.07, 6.45) is 1.25. The number of carbonyl (C=O) groups excluding carboxylic acids is 2. The first-order chi connectivity index (χ1) is 13.0. The van der Waals surface area contributed by atoms with Gasteiger partial charge in [-0.1, -0.05) is 18.2 Å². The molecule has 0 radical (unpaired) electrons. The van der Waals surface area contributed by atoms with Crippen molar-refractivity contribution in [1.29, 1.82) is 0 Å². The molecule has 1 heterocycles. The third-order valence-electron chi connectivity index (χ3n) is 4.09.